The SMILES string of the molecule is [2H]c1c([2H])c([2H])c(-c2c([2H])c([2H])c3c([2H])c([2H])c4c(-c5c([2H])c([2H])c([2H])c(-c6c([2H])c7c8c(c([2H])c([2H])c([2H])c8c6[2H])Oc6c([2H])c([2H])c([2H])c([2H])c6-7)c5[2H])c([2H])c([2H])c5c([2H])c([2H])c2c3c54)c([2H])c1[2H]. The van der Waals surface area contributed by atoms with Crippen molar-refractivity contribution < 1.29 is 40.4 Å². The molecule has 10 rings (SSSR count). The summed E-state index contributed by atoms with van der Waals surface area (Å²) in [5, 5.41) is -3.84. The maximum absolute atomic E-state index is 9.80. The number of fused-ring (bicyclic) bond motifs is 2. The zero-order valence-electron chi connectivity index (χ0n) is 48.4. The van der Waals surface area contributed by atoms with Crippen LogP contribution in [0.3, 0.4) is 0 Å². The van der Waals surface area contributed by atoms with Gasteiger partial charge in [0.2, 0.25) is 0 Å². The predicted molar refractivity (Wildman–Crippen MR) is 189 cm³/mol. The zero-order chi connectivity index (χ0) is 52.1. The minimum atomic E-state index is -1.03. The first-order chi connectivity index (χ1) is 33.2. The molecule has 0 N–H and O–H groups in total. The number of benzene rings is 9. The molecule has 0 unspecified atom stereocenters. The molecule has 0 saturated carbocycles. The van der Waals surface area contributed by atoms with Crippen LogP contribution in [0.4, 0.5) is 0 Å². The second kappa shape index (κ2) is 9.29. The van der Waals surface area contributed by atoms with Gasteiger partial charge in [0.25, 0.3) is 0 Å². The summed E-state index contributed by atoms with van der Waals surface area (Å²) in [5.41, 5.74) is -5.31. The molecule has 0 saturated heterocycles. The first kappa shape index (κ1) is 10.3. The summed E-state index contributed by atoms with van der Waals surface area (Å²) in [5.74, 6) is -1.13. The highest BCUT2D eigenvalue weighted by Gasteiger charge is 2.21. The van der Waals surface area contributed by atoms with Crippen LogP contribution < -0.4 is 4.74 Å². The third-order valence-corrected chi connectivity index (χ3v) is 7.57. The molecule has 208 valence electrons. The second-order valence-electron chi connectivity index (χ2n) is 10.0. The van der Waals surface area contributed by atoms with Gasteiger partial charge in [-0.25, -0.2) is 0 Å². The molecular formula is C44H26O. The van der Waals surface area contributed by atoms with Crippen LogP contribution in [0.2, 0.25) is 0 Å². The largest absolute Gasteiger partial charge is 0.456 e. The normalized spacial score (nSPS) is 20.3. The number of para-hydroxylation sites is 1. The van der Waals surface area contributed by atoms with E-state index in [4.69, 9.17) is 25.3 Å². The summed E-state index contributed by atoms with van der Waals surface area (Å²) in [6.45, 7) is 0. The Morgan fingerprint density at radius 1 is 0.333 bits per heavy atom. The third kappa shape index (κ3) is 3.62. The third-order valence-electron chi connectivity index (χ3n) is 7.57. The molecule has 1 heterocycles. The highest BCUT2D eigenvalue weighted by Crippen LogP contribution is 2.48. The molecule has 0 bridgehead atoms. The molecule has 0 fully saturated rings. The lowest BCUT2D eigenvalue weighted by Gasteiger charge is -2.22. The maximum atomic E-state index is 9.80. The summed E-state index contributed by atoms with van der Waals surface area (Å²) in [4.78, 5) is 0. The fourth-order valence-corrected chi connectivity index (χ4v) is 5.64. The van der Waals surface area contributed by atoms with Gasteiger partial charge in [-0.1, -0.05) is 127 Å². The number of ether oxygens (including phenoxy) is 1. The van der Waals surface area contributed by atoms with Crippen molar-refractivity contribution in [3.63, 3.8) is 0 Å². The molecule has 0 atom stereocenters. The summed E-state index contributed by atoms with van der Waals surface area (Å²) < 4.78 is 239. The molecule has 1 heteroatoms. The van der Waals surface area contributed by atoms with Crippen molar-refractivity contribution in [3.8, 4) is 56.0 Å². The van der Waals surface area contributed by atoms with E-state index in [0.29, 0.717) is 0 Å². The summed E-state index contributed by atoms with van der Waals surface area (Å²) >= 11 is 0. The van der Waals surface area contributed by atoms with Crippen LogP contribution >= 0.6 is 0 Å². The van der Waals surface area contributed by atoms with E-state index in [1.165, 1.54) is 0 Å². The van der Waals surface area contributed by atoms with Crippen LogP contribution in [0.15, 0.2) is 157 Å². The monoisotopic (exact) mass is 596 g/mol. The van der Waals surface area contributed by atoms with Crippen LogP contribution in [-0.2, 0) is 0 Å². The molecule has 9 aromatic rings. The lowest BCUT2D eigenvalue weighted by Crippen LogP contribution is -1.97. The van der Waals surface area contributed by atoms with Crippen LogP contribution in [0.5, 0.6) is 11.5 Å². The van der Waals surface area contributed by atoms with Crippen molar-refractivity contribution >= 4 is 43.1 Å². The summed E-state index contributed by atoms with van der Waals surface area (Å²) in [7, 11) is 0. The van der Waals surface area contributed by atoms with Crippen molar-refractivity contribution in [1.29, 1.82) is 0 Å². The first-order valence-corrected chi connectivity index (χ1v) is 13.4. The predicted octanol–water partition coefficient (Wildman–Crippen LogP) is 12.5. The van der Waals surface area contributed by atoms with E-state index in [1.807, 2.05) is 0 Å². The Bertz CT molecular complexity index is 4060. The molecule has 1 aliphatic heterocycles. The lowest BCUT2D eigenvalue weighted by atomic mass is 9.86. The molecule has 45 heavy (non-hydrogen) atoms. The molecule has 0 aromatic heterocycles. The Hall–Kier alpha value is -5.92. The highest BCUT2D eigenvalue weighted by atomic mass is 16.5. The van der Waals surface area contributed by atoms with Crippen molar-refractivity contribution in [2.45, 2.75) is 0 Å². The van der Waals surface area contributed by atoms with Gasteiger partial charge in [-0.05, 0) is 107 Å². The average Bonchev–Trinajstić information content (AvgIpc) is 3.33. The van der Waals surface area contributed by atoms with Gasteiger partial charge < -0.3 is 4.74 Å². The smallest absolute Gasteiger partial charge is 0.135 e. The Morgan fingerprint density at radius 2 is 0.956 bits per heavy atom. The van der Waals surface area contributed by atoms with E-state index in [2.05, 4.69) is 0 Å². The Labute approximate surface area is 297 Å². The van der Waals surface area contributed by atoms with Gasteiger partial charge in [-0.2, -0.15) is 0 Å². The second-order valence-corrected chi connectivity index (χ2v) is 10.0. The van der Waals surface area contributed by atoms with Gasteiger partial charge in [-0.3, -0.25) is 0 Å². The van der Waals surface area contributed by atoms with Gasteiger partial charge in [0.1, 0.15) is 11.5 Å². The minimum absolute atomic E-state index is 0.359. The van der Waals surface area contributed by atoms with Gasteiger partial charge in [0, 0.05) is 10.9 Å². The fourth-order valence-electron chi connectivity index (χ4n) is 5.64. The Morgan fingerprint density at radius 3 is 1.76 bits per heavy atom. The quantitative estimate of drug-likeness (QED) is 0.184. The maximum Gasteiger partial charge on any atom is 0.135 e. The van der Waals surface area contributed by atoms with E-state index in [0.717, 1.165) is 0 Å². The molecule has 1 nitrogen and oxygen atoms in total. The molecule has 9 aromatic carbocycles. The van der Waals surface area contributed by atoms with Crippen molar-refractivity contribution in [2.24, 2.45) is 0 Å². The molecule has 0 radical (unpaired) electrons. The topological polar surface area (TPSA) is 9.23 Å². The molecule has 0 amide bonds. The Kier molecular flexibility index (Phi) is 2.13. The van der Waals surface area contributed by atoms with Gasteiger partial charge in [0.05, 0.1) is 35.6 Å². The van der Waals surface area contributed by atoms with Crippen LogP contribution in [0.25, 0.3) is 87.6 Å². The minimum Gasteiger partial charge on any atom is -0.456 e. The molecular weight excluding hydrogens is 544 g/mol. The van der Waals surface area contributed by atoms with Crippen molar-refractivity contribution in [2.75, 3.05) is 0 Å². The standard InChI is InChI=1S/C44H26O/c1-2-8-27(9-3-1)34-20-16-28-19-23-38-35(21-17-29-18-22-37(34)43(28)44(29)38)31-11-6-10-30(24-31)33-25-32-12-7-15-41-42(32)39(26-33)36-13-4-5-14-40(36)45-41/h1-26H/i1D,2D,3D,4D,5D,6D,7D,8D,9D,10D,11D,12D,13D,14D,15D,16D,17D,18D,19D,20D,21D,22D,23D,24D,25D,26D. The lowest BCUT2D eigenvalue weighted by molar-refractivity contribution is 0.487. The van der Waals surface area contributed by atoms with E-state index in [1.54, 1.807) is 0 Å². The molecule has 0 spiro atoms. The van der Waals surface area contributed by atoms with Gasteiger partial charge in [-0.15, -0.1) is 0 Å². The van der Waals surface area contributed by atoms with Crippen LogP contribution in [-0.4, -0.2) is 0 Å². The van der Waals surface area contributed by atoms with Crippen molar-refractivity contribution in [1.82, 2.24) is 0 Å². The van der Waals surface area contributed by atoms with Crippen LogP contribution in [0, 0.1) is 0 Å². The van der Waals surface area contributed by atoms with Gasteiger partial charge in [0.15, 0.2) is 0 Å². The Balaban J connectivity index is 1.42. The van der Waals surface area contributed by atoms with E-state index in [-0.39, 0.29) is 5.39 Å². The van der Waals surface area contributed by atoms with Crippen LogP contribution in [0.1, 0.15) is 35.6 Å². The van der Waals surface area contributed by atoms with Crippen molar-refractivity contribution in [3.05, 3.63) is 157 Å². The molecule has 0 aliphatic carbocycles. The summed E-state index contributed by atoms with van der Waals surface area (Å²) in [6.07, 6.45) is 0. The fraction of sp³-hybridized carbons (Fsp3) is 0. The van der Waals surface area contributed by atoms with Gasteiger partial charge >= 0.3 is 0 Å². The first-order valence-electron chi connectivity index (χ1n) is 26.4. The van der Waals surface area contributed by atoms with E-state index < -0.39 is 251 Å². The number of rotatable bonds is 3. The number of hydrogen-bond donors (Lipinski definition) is 0. The van der Waals surface area contributed by atoms with E-state index in [9.17, 15) is 15.1 Å². The molecule has 1 aliphatic rings. The van der Waals surface area contributed by atoms with E-state index >= 15 is 0 Å². The highest BCUT2D eigenvalue weighted by molar-refractivity contribution is 6.27. The summed E-state index contributed by atoms with van der Waals surface area (Å²) in [6, 6.07) is -22.3. The average molecular weight is 597 g/mol. The number of hydrogen-bond acceptors (Lipinski definition) is 1. The zero-order valence-corrected chi connectivity index (χ0v) is 22.4.